The number of urea groups is 1. The summed E-state index contributed by atoms with van der Waals surface area (Å²) in [6, 6.07) is 7.49. The largest absolute Gasteiger partial charge is 0.350 e. The van der Waals surface area contributed by atoms with Gasteiger partial charge in [0.1, 0.15) is 18.4 Å². The van der Waals surface area contributed by atoms with Gasteiger partial charge in [0.2, 0.25) is 11.8 Å². The van der Waals surface area contributed by atoms with Crippen molar-refractivity contribution in [3.8, 4) is 0 Å². The van der Waals surface area contributed by atoms with Gasteiger partial charge in [-0.3, -0.25) is 24.2 Å². The topological polar surface area (TPSA) is 90.0 Å². The van der Waals surface area contributed by atoms with Gasteiger partial charge in [0, 0.05) is 17.1 Å². The Bertz CT molecular complexity index is 964. The van der Waals surface area contributed by atoms with Crippen molar-refractivity contribution in [3.05, 3.63) is 52.5 Å². The second-order valence-electron chi connectivity index (χ2n) is 6.99. The van der Waals surface area contributed by atoms with Crippen LogP contribution in [0, 0.1) is 5.82 Å². The van der Waals surface area contributed by atoms with Crippen LogP contribution in [0.1, 0.15) is 18.7 Å². The summed E-state index contributed by atoms with van der Waals surface area (Å²) in [5, 5.41) is 4.65. The molecule has 0 aliphatic carbocycles. The quantitative estimate of drug-likeness (QED) is 0.630. The Morgan fingerprint density at radius 1 is 1.19 bits per heavy atom. The second-order valence-corrected chi connectivity index (χ2v) is 8.03. The van der Waals surface area contributed by atoms with E-state index in [1.54, 1.807) is 13.8 Å². The molecule has 0 radical (unpaired) electrons. The molecule has 0 bridgehead atoms. The summed E-state index contributed by atoms with van der Waals surface area (Å²) in [5.41, 5.74) is 0.363. The zero-order valence-corrected chi connectivity index (χ0v) is 18.0. The molecule has 1 fully saturated rings. The summed E-state index contributed by atoms with van der Waals surface area (Å²) in [7, 11) is 0. The van der Waals surface area contributed by atoms with Crippen LogP contribution < -0.4 is 10.2 Å². The summed E-state index contributed by atoms with van der Waals surface area (Å²) in [5.74, 6) is -1.83. The van der Waals surface area contributed by atoms with Gasteiger partial charge in [-0.25, -0.2) is 9.18 Å². The molecule has 8 nitrogen and oxygen atoms in total. The molecule has 5 amide bonds. The minimum absolute atomic E-state index is 0.172. The molecular formula is C21H23FN4O4S. The maximum absolute atomic E-state index is 13.2. The van der Waals surface area contributed by atoms with E-state index in [1.807, 2.05) is 17.5 Å². The molecule has 10 heteroatoms. The minimum atomic E-state index is -0.824. The van der Waals surface area contributed by atoms with Crippen LogP contribution in [0.3, 0.4) is 0 Å². The molecule has 0 saturated carbocycles. The number of halogens is 1. The summed E-state index contributed by atoms with van der Waals surface area (Å²) in [6.07, 6.45) is 0. The molecule has 1 aromatic carbocycles. The number of hydrogen-bond donors (Lipinski definition) is 1. The Labute approximate surface area is 183 Å². The number of benzene rings is 1. The van der Waals surface area contributed by atoms with E-state index in [4.69, 9.17) is 0 Å². The van der Waals surface area contributed by atoms with E-state index in [0.717, 1.165) is 9.78 Å². The number of likely N-dealkylation sites (N-methyl/N-ethyl adjacent to an activating group) is 1. The van der Waals surface area contributed by atoms with E-state index in [2.05, 4.69) is 5.32 Å². The predicted molar refractivity (Wildman–Crippen MR) is 114 cm³/mol. The van der Waals surface area contributed by atoms with Gasteiger partial charge >= 0.3 is 6.03 Å². The molecule has 0 spiro atoms. The van der Waals surface area contributed by atoms with Crippen molar-refractivity contribution >= 4 is 40.8 Å². The summed E-state index contributed by atoms with van der Waals surface area (Å²) in [6.45, 7) is 3.24. The van der Waals surface area contributed by atoms with Crippen LogP contribution in [-0.2, 0) is 20.9 Å². The lowest BCUT2D eigenvalue weighted by atomic mass is 10.2. The third-order valence-corrected chi connectivity index (χ3v) is 5.83. The third kappa shape index (κ3) is 5.08. The van der Waals surface area contributed by atoms with E-state index >= 15 is 0 Å². The summed E-state index contributed by atoms with van der Waals surface area (Å²) < 4.78 is 13.2. The van der Waals surface area contributed by atoms with Gasteiger partial charge in [0.25, 0.3) is 5.91 Å². The molecule has 1 saturated heterocycles. The van der Waals surface area contributed by atoms with E-state index in [-0.39, 0.29) is 19.0 Å². The first-order chi connectivity index (χ1) is 14.8. The Morgan fingerprint density at radius 3 is 2.52 bits per heavy atom. The van der Waals surface area contributed by atoms with Crippen LogP contribution in [0.2, 0.25) is 0 Å². The average Bonchev–Trinajstić information content (AvgIpc) is 3.34. The van der Waals surface area contributed by atoms with Gasteiger partial charge in [0.05, 0.1) is 13.1 Å². The van der Waals surface area contributed by atoms with Crippen molar-refractivity contribution in [2.75, 3.05) is 24.5 Å². The molecule has 1 N–H and O–H groups in total. The lowest BCUT2D eigenvalue weighted by molar-refractivity contribution is -0.139. The minimum Gasteiger partial charge on any atom is -0.350 e. The Hall–Kier alpha value is -3.27. The SMILES string of the molecule is CCN(CC(=O)NCc1cccs1)C(=O)CN1C(=O)C(C)N(c2ccc(F)cc2)C1=O. The highest BCUT2D eigenvalue weighted by Crippen LogP contribution is 2.26. The number of nitrogens with zero attached hydrogens (tertiary/aromatic N) is 3. The lowest BCUT2D eigenvalue weighted by Crippen LogP contribution is -2.46. The normalized spacial score (nSPS) is 16.0. The van der Waals surface area contributed by atoms with Crippen LogP contribution in [0.4, 0.5) is 14.9 Å². The maximum Gasteiger partial charge on any atom is 0.332 e. The molecule has 2 heterocycles. The fourth-order valence-electron chi connectivity index (χ4n) is 3.25. The Kier molecular flexibility index (Phi) is 7.01. The fourth-order valence-corrected chi connectivity index (χ4v) is 3.89. The maximum atomic E-state index is 13.2. The zero-order chi connectivity index (χ0) is 22.5. The van der Waals surface area contributed by atoms with Crippen molar-refractivity contribution in [3.63, 3.8) is 0 Å². The summed E-state index contributed by atoms with van der Waals surface area (Å²) in [4.78, 5) is 54.7. The first-order valence-corrected chi connectivity index (χ1v) is 10.7. The number of hydrogen-bond acceptors (Lipinski definition) is 5. The number of amides is 5. The standard InChI is InChI=1S/C21H23FN4O4S/c1-3-24(12-18(27)23-11-17-5-4-10-31-17)19(28)13-25-20(29)14(2)26(21(25)30)16-8-6-15(22)7-9-16/h4-10,14H,3,11-13H2,1-2H3,(H,23,27). The molecule has 31 heavy (non-hydrogen) atoms. The Balaban J connectivity index is 1.62. The van der Waals surface area contributed by atoms with Crippen LogP contribution in [0.5, 0.6) is 0 Å². The molecule has 1 aliphatic rings. The first-order valence-electron chi connectivity index (χ1n) is 9.78. The van der Waals surface area contributed by atoms with E-state index < -0.39 is 36.2 Å². The average molecular weight is 447 g/mol. The monoisotopic (exact) mass is 446 g/mol. The number of imide groups is 1. The van der Waals surface area contributed by atoms with Gasteiger partial charge in [0.15, 0.2) is 0 Å². The van der Waals surface area contributed by atoms with Gasteiger partial charge in [-0.1, -0.05) is 6.07 Å². The molecular weight excluding hydrogens is 423 g/mol. The molecule has 164 valence electrons. The molecule has 1 aromatic heterocycles. The first kappa shape index (κ1) is 22.4. The number of anilines is 1. The van der Waals surface area contributed by atoms with Crippen molar-refractivity contribution in [2.45, 2.75) is 26.4 Å². The van der Waals surface area contributed by atoms with Gasteiger partial charge < -0.3 is 10.2 Å². The number of thiophene rings is 1. The number of carbonyl (C=O) groups is 4. The number of nitrogens with one attached hydrogen (secondary N) is 1. The molecule has 1 aliphatic heterocycles. The van der Waals surface area contributed by atoms with Crippen molar-refractivity contribution < 1.29 is 23.6 Å². The molecule has 3 rings (SSSR count). The van der Waals surface area contributed by atoms with Gasteiger partial charge in [-0.2, -0.15) is 0 Å². The highest BCUT2D eigenvalue weighted by Gasteiger charge is 2.44. The fraction of sp³-hybridized carbons (Fsp3) is 0.333. The predicted octanol–water partition coefficient (Wildman–Crippen LogP) is 2.21. The molecule has 2 aromatic rings. The van der Waals surface area contributed by atoms with E-state index in [9.17, 15) is 23.6 Å². The number of carbonyl (C=O) groups excluding carboxylic acids is 4. The zero-order valence-electron chi connectivity index (χ0n) is 17.2. The van der Waals surface area contributed by atoms with E-state index in [0.29, 0.717) is 12.2 Å². The van der Waals surface area contributed by atoms with E-state index in [1.165, 1.54) is 45.4 Å². The van der Waals surface area contributed by atoms with Crippen LogP contribution in [0.15, 0.2) is 41.8 Å². The van der Waals surface area contributed by atoms with Crippen LogP contribution >= 0.6 is 11.3 Å². The smallest absolute Gasteiger partial charge is 0.332 e. The Morgan fingerprint density at radius 2 is 1.90 bits per heavy atom. The van der Waals surface area contributed by atoms with Crippen LogP contribution in [-0.4, -0.2) is 59.2 Å². The third-order valence-electron chi connectivity index (χ3n) is 4.95. The number of rotatable bonds is 8. The van der Waals surface area contributed by atoms with Gasteiger partial charge in [-0.05, 0) is 49.6 Å². The summed E-state index contributed by atoms with van der Waals surface area (Å²) >= 11 is 1.51. The van der Waals surface area contributed by atoms with Crippen LogP contribution in [0.25, 0.3) is 0 Å². The highest BCUT2D eigenvalue weighted by atomic mass is 32.1. The highest BCUT2D eigenvalue weighted by molar-refractivity contribution is 7.09. The lowest BCUT2D eigenvalue weighted by Gasteiger charge is -2.23. The molecule has 1 unspecified atom stereocenters. The van der Waals surface area contributed by atoms with Crippen molar-refractivity contribution in [1.82, 2.24) is 15.1 Å². The van der Waals surface area contributed by atoms with Gasteiger partial charge in [-0.15, -0.1) is 11.3 Å². The second kappa shape index (κ2) is 9.69. The van der Waals surface area contributed by atoms with Crippen molar-refractivity contribution in [2.24, 2.45) is 0 Å². The molecule has 1 atom stereocenters. The van der Waals surface area contributed by atoms with Crippen molar-refractivity contribution in [1.29, 1.82) is 0 Å².